The van der Waals surface area contributed by atoms with Gasteiger partial charge >= 0.3 is 0 Å². The number of nitrogens with one attached hydrogen (secondary N) is 2. The molecule has 150 valence electrons. The number of fused-ring (bicyclic) bond motifs is 2. The molecule has 0 saturated heterocycles. The Morgan fingerprint density at radius 1 is 1.03 bits per heavy atom. The van der Waals surface area contributed by atoms with E-state index in [2.05, 4.69) is 77.1 Å². The maximum absolute atomic E-state index is 5.62. The van der Waals surface area contributed by atoms with Crippen molar-refractivity contribution in [2.24, 2.45) is 0 Å². The number of methoxy groups -OCH3 is 1. The maximum atomic E-state index is 5.62. The highest BCUT2D eigenvalue weighted by Crippen LogP contribution is 2.32. The molecule has 1 aromatic heterocycles. The minimum atomic E-state index is 0.562. The summed E-state index contributed by atoms with van der Waals surface area (Å²) in [5, 5.41) is 7.79. The Morgan fingerprint density at radius 2 is 1.93 bits per heavy atom. The third kappa shape index (κ3) is 3.48. The molecule has 0 spiro atoms. The summed E-state index contributed by atoms with van der Waals surface area (Å²) >= 11 is 0. The van der Waals surface area contributed by atoms with Gasteiger partial charge in [-0.05, 0) is 65.9 Å². The first-order valence-corrected chi connectivity index (χ1v) is 10.2. The van der Waals surface area contributed by atoms with Crippen molar-refractivity contribution in [3.63, 3.8) is 0 Å². The lowest BCUT2D eigenvalue weighted by Gasteiger charge is -2.20. The van der Waals surface area contributed by atoms with Crippen molar-refractivity contribution in [3.8, 4) is 16.9 Å². The molecule has 5 nitrogen and oxygen atoms in total. The van der Waals surface area contributed by atoms with E-state index in [0.29, 0.717) is 5.95 Å². The van der Waals surface area contributed by atoms with Crippen molar-refractivity contribution in [2.45, 2.75) is 19.9 Å². The predicted molar refractivity (Wildman–Crippen MR) is 121 cm³/mol. The van der Waals surface area contributed by atoms with Crippen LogP contribution >= 0.6 is 0 Å². The van der Waals surface area contributed by atoms with Crippen LogP contribution in [0.5, 0.6) is 5.75 Å². The molecule has 1 aliphatic rings. The van der Waals surface area contributed by atoms with Crippen molar-refractivity contribution in [3.05, 3.63) is 77.5 Å². The highest BCUT2D eigenvalue weighted by atomic mass is 16.5. The first-order chi connectivity index (χ1) is 14.7. The lowest BCUT2D eigenvalue weighted by molar-refractivity contribution is 0.415. The van der Waals surface area contributed by atoms with Gasteiger partial charge in [-0.1, -0.05) is 36.4 Å². The van der Waals surface area contributed by atoms with Gasteiger partial charge in [0.25, 0.3) is 0 Å². The van der Waals surface area contributed by atoms with Crippen LogP contribution in [0.25, 0.3) is 22.0 Å². The van der Waals surface area contributed by atoms with Crippen LogP contribution in [-0.2, 0) is 13.0 Å². The molecular formula is C25H24N4O. The third-order valence-electron chi connectivity index (χ3n) is 5.69. The number of hydrogen-bond donors (Lipinski definition) is 2. The Balaban J connectivity index is 1.52. The Labute approximate surface area is 176 Å². The number of aryl methyl sites for hydroxylation is 1. The highest BCUT2D eigenvalue weighted by molar-refractivity contribution is 5.85. The van der Waals surface area contributed by atoms with E-state index in [1.807, 2.05) is 6.20 Å². The lowest BCUT2D eigenvalue weighted by atomic mass is 9.99. The number of anilines is 2. The lowest BCUT2D eigenvalue weighted by Crippen LogP contribution is -2.23. The van der Waals surface area contributed by atoms with Gasteiger partial charge in [-0.3, -0.25) is 0 Å². The maximum Gasteiger partial charge on any atom is 0.227 e. The zero-order chi connectivity index (χ0) is 20.5. The van der Waals surface area contributed by atoms with E-state index >= 15 is 0 Å². The Hall–Kier alpha value is -3.44. The number of aromatic nitrogens is 2. The van der Waals surface area contributed by atoms with Gasteiger partial charge in [0.2, 0.25) is 5.95 Å². The second-order valence-corrected chi connectivity index (χ2v) is 7.66. The smallest absolute Gasteiger partial charge is 0.227 e. The van der Waals surface area contributed by atoms with Crippen LogP contribution in [0.1, 0.15) is 16.7 Å². The fourth-order valence-corrected chi connectivity index (χ4v) is 4.05. The van der Waals surface area contributed by atoms with Crippen LogP contribution in [0.15, 0.2) is 60.8 Å². The molecule has 0 amide bonds. The van der Waals surface area contributed by atoms with Crippen molar-refractivity contribution < 1.29 is 4.74 Å². The van der Waals surface area contributed by atoms with E-state index in [9.17, 15) is 0 Å². The second-order valence-electron chi connectivity index (χ2n) is 7.66. The standard InChI is InChI=1S/C25H24N4O/c1-16-5-3-4-6-21(16)18-7-8-19-15-27-25(28-22(19)11-18)29-23-12-20-14-26-10-9-17(20)13-24(23)30-2/h3-8,11-13,15,26H,9-10,14H2,1-2H3,(H,27,28,29). The van der Waals surface area contributed by atoms with E-state index in [1.165, 1.54) is 22.3 Å². The average Bonchev–Trinajstić information content (AvgIpc) is 2.78. The van der Waals surface area contributed by atoms with E-state index in [0.717, 1.165) is 47.4 Å². The summed E-state index contributed by atoms with van der Waals surface area (Å²) in [6.45, 7) is 4.00. The van der Waals surface area contributed by atoms with Gasteiger partial charge in [0.1, 0.15) is 5.75 Å². The summed E-state index contributed by atoms with van der Waals surface area (Å²) in [6, 6.07) is 19.0. The molecule has 0 unspecified atom stereocenters. The summed E-state index contributed by atoms with van der Waals surface area (Å²) in [5.74, 6) is 1.37. The SMILES string of the molecule is COc1cc2c(cc1Nc1ncc3ccc(-c4ccccc4C)cc3n1)CNCC2. The molecule has 2 heterocycles. The molecule has 5 heteroatoms. The summed E-state index contributed by atoms with van der Waals surface area (Å²) in [6.07, 6.45) is 2.87. The highest BCUT2D eigenvalue weighted by Gasteiger charge is 2.15. The van der Waals surface area contributed by atoms with Crippen molar-refractivity contribution in [2.75, 3.05) is 19.0 Å². The molecule has 0 radical (unpaired) electrons. The van der Waals surface area contributed by atoms with Gasteiger partial charge in [-0.2, -0.15) is 0 Å². The van der Waals surface area contributed by atoms with Crippen LogP contribution in [0.4, 0.5) is 11.6 Å². The fourth-order valence-electron chi connectivity index (χ4n) is 4.05. The molecule has 1 aliphatic heterocycles. The van der Waals surface area contributed by atoms with Crippen LogP contribution in [0, 0.1) is 6.92 Å². The molecule has 0 saturated carbocycles. The minimum absolute atomic E-state index is 0.562. The Kier molecular flexibility index (Phi) is 4.81. The monoisotopic (exact) mass is 396 g/mol. The quantitative estimate of drug-likeness (QED) is 0.508. The number of hydrogen-bond acceptors (Lipinski definition) is 5. The van der Waals surface area contributed by atoms with Gasteiger partial charge in [-0.25, -0.2) is 9.97 Å². The summed E-state index contributed by atoms with van der Waals surface area (Å²) in [5.41, 5.74) is 8.03. The zero-order valence-corrected chi connectivity index (χ0v) is 17.2. The number of benzene rings is 3. The van der Waals surface area contributed by atoms with Gasteiger partial charge < -0.3 is 15.4 Å². The molecule has 2 N–H and O–H groups in total. The number of ether oxygens (including phenoxy) is 1. The molecule has 0 aliphatic carbocycles. The van der Waals surface area contributed by atoms with E-state index in [1.54, 1.807) is 7.11 Å². The number of rotatable bonds is 4. The van der Waals surface area contributed by atoms with Crippen molar-refractivity contribution in [1.82, 2.24) is 15.3 Å². The van der Waals surface area contributed by atoms with Crippen LogP contribution in [-0.4, -0.2) is 23.6 Å². The molecule has 0 fully saturated rings. The topological polar surface area (TPSA) is 59.1 Å². The third-order valence-corrected chi connectivity index (χ3v) is 5.69. The fraction of sp³-hybridized carbons (Fsp3) is 0.200. The molecular weight excluding hydrogens is 372 g/mol. The van der Waals surface area contributed by atoms with Crippen LogP contribution in [0.3, 0.4) is 0 Å². The molecule has 3 aromatic carbocycles. The summed E-state index contributed by atoms with van der Waals surface area (Å²) in [7, 11) is 1.70. The molecule has 5 rings (SSSR count). The second kappa shape index (κ2) is 7.76. The molecule has 0 bridgehead atoms. The minimum Gasteiger partial charge on any atom is -0.495 e. The Morgan fingerprint density at radius 3 is 2.80 bits per heavy atom. The molecule has 4 aromatic rings. The van der Waals surface area contributed by atoms with Crippen LogP contribution in [0.2, 0.25) is 0 Å². The predicted octanol–water partition coefficient (Wildman–Crippen LogP) is 5.00. The normalized spacial score (nSPS) is 13.1. The first-order valence-electron chi connectivity index (χ1n) is 10.2. The van der Waals surface area contributed by atoms with Gasteiger partial charge in [-0.15, -0.1) is 0 Å². The van der Waals surface area contributed by atoms with Gasteiger partial charge in [0, 0.05) is 18.1 Å². The van der Waals surface area contributed by atoms with Crippen molar-refractivity contribution in [1.29, 1.82) is 0 Å². The average molecular weight is 396 g/mol. The summed E-state index contributed by atoms with van der Waals surface area (Å²) in [4.78, 5) is 9.30. The van der Waals surface area contributed by atoms with Gasteiger partial charge in [0.05, 0.1) is 18.3 Å². The van der Waals surface area contributed by atoms with E-state index in [4.69, 9.17) is 9.72 Å². The first kappa shape index (κ1) is 18.6. The summed E-state index contributed by atoms with van der Waals surface area (Å²) < 4.78 is 5.62. The largest absolute Gasteiger partial charge is 0.495 e. The number of nitrogens with zero attached hydrogens (tertiary/aromatic N) is 2. The molecule has 30 heavy (non-hydrogen) atoms. The van der Waals surface area contributed by atoms with E-state index in [-0.39, 0.29) is 0 Å². The Bertz CT molecular complexity index is 1240. The zero-order valence-electron chi connectivity index (χ0n) is 17.2. The van der Waals surface area contributed by atoms with Crippen LogP contribution < -0.4 is 15.4 Å². The van der Waals surface area contributed by atoms with Gasteiger partial charge in [0.15, 0.2) is 0 Å². The van der Waals surface area contributed by atoms with Crippen molar-refractivity contribution >= 4 is 22.5 Å². The van der Waals surface area contributed by atoms with E-state index < -0.39 is 0 Å². The molecule has 0 atom stereocenters.